The van der Waals surface area contributed by atoms with Crippen LogP contribution < -0.4 is 20.5 Å². The molecule has 0 aliphatic carbocycles. The van der Waals surface area contributed by atoms with E-state index < -0.39 is 113 Å². The Balaban J connectivity index is 1.36. The van der Waals surface area contributed by atoms with Gasteiger partial charge in [-0.1, -0.05) is 27.7 Å². The van der Waals surface area contributed by atoms with Crippen LogP contribution >= 0.6 is 0 Å². The molecule has 0 amide bonds. The Kier molecular flexibility index (Phi) is 21.3. The molecule has 0 unspecified atom stereocenters. The van der Waals surface area contributed by atoms with Crippen molar-refractivity contribution >= 4 is 28.6 Å². The number of nitrogens with zero attached hydrogens (tertiary/aromatic N) is 3. The molecule has 21 nitrogen and oxygen atoms in total. The van der Waals surface area contributed by atoms with Crippen molar-refractivity contribution in [3.05, 3.63) is 40.2 Å². The van der Waals surface area contributed by atoms with Crippen molar-refractivity contribution in [2.45, 2.75) is 179 Å². The number of ether oxygens (including phenoxy) is 9. The molecule has 4 heterocycles. The highest BCUT2D eigenvalue weighted by molar-refractivity contribution is 5.93. The number of hydrogen-bond acceptors (Lipinski definition) is 19. The van der Waals surface area contributed by atoms with Gasteiger partial charge in [-0.15, -0.1) is 0 Å². The summed E-state index contributed by atoms with van der Waals surface area (Å²) in [6, 6.07) is 4.57. The van der Waals surface area contributed by atoms with E-state index in [2.05, 4.69) is 5.32 Å². The van der Waals surface area contributed by atoms with Gasteiger partial charge in [-0.05, 0) is 87.0 Å². The van der Waals surface area contributed by atoms with Gasteiger partial charge in [0.05, 0.1) is 59.8 Å². The van der Waals surface area contributed by atoms with Crippen LogP contribution in [0.1, 0.15) is 105 Å². The number of aromatic nitrogens is 1. The summed E-state index contributed by atoms with van der Waals surface area (Å²) in [7, 11) is 10.3. The fourth-order valence-corrected chi connectivity index (χ4v) is 11.4. The average Bonchev–Trinajstić information content (AvgIpc) is 3.35. The number of ketones is 1. The van der Waals surface area contributed by atoms with Gasteiger partial charge in [0.15, 0.2) is 12.6 Å². The summed E-state index contributed by atoms with van der Waals surface area (Å²) < 4.78 is 59.5. The molecule has 3 aliphatic heterocycles. The van der Waals surface area contributed by atoms with Crippen molar-refractivity contribution < 1.29 is 77.4 Å². The number of hydrogen-bond donors (Lipinski definition) is 5. The number of pyridine rings is 1. The molecule has 0 spiro atoms. The zero-order chi connectivity index (χ0) is 56.1. The molecule has 3 fully saturated rings. The number of carboxylic acids is 1. The molecule has 18 atom stereocenters. The second kappa shape index (κ2) is 25.7. The molecule has 1 aromatic heterocycles. The molecule has 3 saturated heterocycles. The van der Waals surface area contributed by atoms with E-state index in [0.29, 0.717) is 30.8 Å². The van der Waals surface area contributed by atoms with Crippen molar-refractivity contribution in [1.82, 2.24) is 14.9 Å². The summed E-state index contributed by atoms with van der Waals surface area (Å²) in [5.41, 5.74) is -4.68. The lowest BCUT2D eigenvalue weighted by Gasteiger charge is -2.50. The molecular formula is C54H88N4O17. The van der Waals surface area contributed by atoms with Crippen molar-refractivity contribution in [2.75, 3.05) is 73.7 Å². The third-order valence-corrected chi connectivity index (χ3v) is 16.0. The minimum absolute atomic E-state index is 0.0817. The van der Waals surface area contributed by atoms with Gasteiger partial charge in [-0.3, -0.25) is 19.1 Å². The van der Waals surface area contributed by atoms with E-state index >= 15 is 0 Å². The van der Waals surface area contributed by atoms with Crippen molar-refractivity contribution in [1.29, 1.82) is 0 Å². The predicted molar refractivity (Wildman–Crippen MR) is 278 cm³/mol. The SMILES string of the molecule is CC[C@H]1OC(=O)[C@H](C)[C@@H](O[C@H]2C[C@@](C)(OC)[C@@H](OCCNCCOc3ccc4c(=O)c(C(=O)O)cn(N(C)C)c4c3)[C@H](C)O2)[C@H](C)[C@@H](O[C@@H]2O[C@H](C)C[C@H](N(C)C)[C@H]2O)[C@](C)(OC)C[C@@H](C)C(=O)[C@H](C)[C@@H](O)[C@]1(C)O. The van der Waals surface area contributed by atoms with E-state index in [4.69, 9.17) is 42.6 Å². The van der Waals surface area contributed by atoms with Gasteiger partial charge in [0, 0.05) is 89.3 Å². The van der Waals surface area contributed by atoms with Gasteiger partial charge in [0.25, 0.3) is 0 Å². The number of fused-ring (bicyclic) bond motifs is 1. The summed E-state index contributed by atoms with van der Waals surface area (Å²) in [6.45, 7) is 18.8. The zero-order valence-electron chi connectivity index (χ0n) is 47.1. The summed E-state index contributed by atoms with van der Waals surface area (Å²) in [5.74, 6) is -5.47. The second-order valence-electron chi connectivity index (χ2n) is 22.1. The molecule has 0 radical (unpaired) electrons. The van der Waals surface area contributed by atoms with Crippen LogP contribution in [0.3, 0.4) is 0 Å². The number of carboxylic acid groups (broad SMARTS) is 1. The molecule has 426 valence electrons. The highest BCUT2D eigenvalue weighted by Gasteiger charge is 2.54. The molecule has 21 heteroatoms. The molecule has 5 rings (SSSR count). The van der Waals surface area contributed by atoms with Crippen molar-refractivity contribution in [3.8, 4) is 5.75 Å². The zero-order valence-corrected chi connectivity index (χ0v) is 47.1. The van der Waals surface area contributed by atoms with Crippen LogP contribution in [0, 0.1) is 23.7 Å². The van der Waals surface area contributed by atoms with Gasteiger partial charge in [-0.2, -0.15) is 0 Å². The minimum Gasteiger partial charge on any atom is -0.492 e. The van der Waals surface area contributed by atoms with Crippen LogP contribution in [0.4, 0.5) is 0 Å². The van der Waals surface area contributed by atoms with E-state index in [1.54, 1.807) is 83.7 Å². The van der Waals surface area contributed by atoms with Gasteiger partial charge in [0.2, 0.25) is 5.43 Å². The minimum atomic E-state index is -2.01. The second-order valence-corrected chi connectivity index (χ2v) is 22.1. The Morgan fingerprint density at radius 1 is 0.880 bits per heavy atom. The van der Waals surface area contributed by atoms with Gasteiger partial charge < -0.3 is 78.3 Å². The maximum absolute atomic E-state index is 14.6. The van der Waals surface area contributed by atoms with E-state index in [9.17, 15) is 39.6 Å². The first kappa shape index (κ1) is 62.0. The number of rotatable bonds is 18. The number of carbonyl (C=O) groups excluding carboxylic acids is 2. The average molecular weight is 1070 g/mol. The number of aliphatic hydroxyl groups excluding tert-OH is 2. The first-order valence-electron chi connectivity index (χ1n) is 26.3. The smallest absolute Gasteiger partial charge is 0.341 e. The van der Waals surface area contributed by atoms with E-state index in [1.165, 1.54) is 20.2 Å². The molecular weight excluding hydrogens is 977 g/mol. The number of cyclic esters (lactones) is 1. The highest BCUT2D eigenvalue weighted by atomic mass is 16.7. The van der Waals surface area contributed by atoms with E-state index in [-0.39, 0.29) is 61.4 Å². The van der Waals surface area contributed by atoms with Crippen molar-refractivity contribution in [2.24, 2.45) is 23.7 Å². The van der Waals surface area contributed by atoms with Crippen LogP contribution in [0.5, 0.6) is 5.75 Å². The summed E-state index contributed by atoms with van der Waals surface area (Å²) in [4.78, 5) is 55.3. The number of nitrogens with one attached hydrogen (secondary N) is 1. The number of esters is 1. The molecule has 3 aliphatic rings. The Hall–Kier alpha value is -3.84. The number of carbonyl (C=O) groups is 3. The topological polar surface area (TPSA) is 256 Å². The quantitative estimate of drug-likeness (QED) is 0.106. The number of likely N-dealkylation sites (N-methyl/N-ethyl adjacent to an activating group) is 1. The third-order valence-electron chi connectivity index (χ3n) is 16.0. The molecule has 0 bridgehead atoms. The summed E-state index contributed by atoms with van der Waals surface area (Å²) in [6.07, 6.45) is -7.32. The maximum atomic E-state index is 14.6. The Labute approximate surface area is 442 Å². The molecule has 1 aromatic carbocycles. The van der Waals surface area contributed by atoms with Crippen LogP contribution in [0.25, 0.3) is 10.9 Å². The molecule has 5 N–H and O–H groups in total. The Morgan fingerprint density at radius 2 is 1.52 bits per heavy atom. The normalized spacial score (nSPS) is 37.5. The molecule has 75 heavy (non-hydrogen) atoms. The standard InChI is InChI=1S/C54H88N4O17/c1-17-40-54(10,66)46(62)31(4)42(59)29(2)26-52(8,67-15)47(75-51-44(61)39(56(11)12)24-30(3)71-51)32(5)45(33(6)50(65)73-40)74-41-27-53(9,68-16)48(34(7)72-41)70-23-21-55-20-22-69-35-18-19-36-38(25-35)58(57(13)14)28-37(43(36)60)49(63)64/h18-19,25,28-34,39-41,44-48,51,55,61-62,66H,17,20-24,26-27H2,1-16H3,(H,63,64)/t29-,30-,31+,32+,33-,34+,39+,40-,41+,44-,45+,46-,47-,48+,51+,52-,53-,54-/m1/s1. The van der Waals surface area contributed by atoms with E-state index in [1.807, 2.05) is 46.7 Å². The third kappa shape index (κ3) is 13.9. The monoisotopic (exact) mass is 1060 g/mol. The number of aromatic carboxylic acids is 1. The van der Waals surface area contributed by atoms with Crippen LogP contribution in [0.15, 0.2) is 29.2 Å². The van der Waals surface area contributed by atoms with Crippen LogP contribution in [0.2, 0.25) is 0 Å². The van der Waals surface area contributed by atoms with Crippen LogP contribution in [-0.2, 0) is 47.5 Å². The summed E-state index contributed by atoms with van der Waals surface area (Å²) >= 11 is 0. The van der Waals surface area contributed by atoms with E-state index in [0.717, 1.165) is 0 Å². The highest BCUT2D eigenvalue weighted by Crippen LogP contribution is 2.42. The first-order chi connectivity index (χ1) is 35.1. The Morgan fingerprint density at radius 3 is 2.12 bits per heavy atom. The molecule has 2 aromatic rings. The maximum Gasteiger partial charge on any atom is 0.341 e. The number of aliphatic hydroxyl groups is 3. The predicted octanol–water partition coefficient (Wildman–Crippen LogP) is 3.34. The van der Waals surface area contributed by atoms with Gasteiger partial charge >= 0.3 is 11.9 Å². The lowest BCUT2D eigenvalue weighted by atomic mass is 9.74. The van der Waals surface area contributed by atoms with Gasteiger partial charge in [0.1, 0.15) is 47.6 Å². The largest absolute Gasteiger partial charge is 0.492 e. The van der Waals surface area contributed by atoms with Gasteiger partial charge in [-0.25, -0.2) is 4.79 Å². The fraction of sp³-hybridized carbons (Fsp3) is 0.778. The lowest BCUT2D eigenvalue weighted by molar-refractivity contribution is -0.322. The number of Topliss-reactive ketones (excluding diaryl/α,β-unsaturated/α-hetero) is 1. The fourth-order valence-electron chi connectivity index (χ4n) is 11.4. The number of methoxy groups -OCH3 is 2. The lowest BCUT2D eigenvalue weighted by Crippen LogP contribution is -2.61. The van der Waals surface area contributed by atoms with Crippen molar-refractivity contribution in [3.63, 3.8) is 0 Å². The van der Waals surface area contributed by atoms with Crippen LogP contribution in [-0.4, -0.2) is 201 Å². The molecule has 0 saturated carbocycles. The first-order valence-corrected chi connectivity index (χ1v) is 26.3. The number of benzene rings is 1. The Bertz CT molecular complexity index is 2300. The summed E-state index contributed by atoms with van der Waals surface area (Å²) in [5, 5.41) is 50.1.